The third kappa shape index (κ3) is 4.95. The fraction of sp³-hybridized carbons (Fsp3) is 0.650. The number of rotatable bonds is 5. The second kappa shape index (κ2) is 8.68. The molecule has 0 spiro atoms. The molecule has 0 aromatic heterocycles. The van der Waals surface area contributed by atoms with E-state index >= 15 is 0 Å². The average molecular weight is 345 g/mol. The van der Waals surface area contributed by atoms with Gasteiger partial charge in [-0.05, 0) is 37.8 Å². The van der Waals surface area contributed by atoms with E-state index in [1.54, 1.807) is 0 Å². The number of nitrogens with zero attached hydrogens (tertiary/aromatic N) is 2. The predicted octanol–water partition coefficient (Wildman–Crippen LogP) is 2.13. The number of nitrogens with one attached hydrogen (secondary N) is 2. The Bertz CT molecular complexity index is 589. The zero-order chi connectivity index (χ0) is 17.6. The van der Waals surface area contributed by atoms with E-state index in [1.165, 1.54) is 30.5 Å². The van der Waals surface area contributed by atoms with E-state index in [4.69, 9.17) is 4.74 Å². The molecular weight excluding hydrogens is 312 g/mol. The van der Waals surface area contributed by atoms with Gasteiger partial charge in [0, 0.05) is 32.7 Å². The molecule has 1 aromatic rings. The van der Waals surface area contributed by atoms with Crippen LogP contribution in [0, 0.1) is 6.92 Å². The van der Waals surface area contributed by atoms with E-state index in [-0.39, 0.29) is 6.10 Å². The molecular formula is C20H32N4O. The van der Waals surface area contributed by atoms with Gasteiger partial charge in [-0.1, -0.05) is 36.8 Å². The molecule has 2 N–H and O–H groups in total. The van der Waals surface area contributed by atoms with Crippen molar-refractivity contribution in [3.63, 3.8) is 0 Å². The molecule has 25 heavy (non-hydrogen) atoms. The van der Waals surface area contributed by atoms with E-state index < -0.39 is 0 Å². The smallest absolute Gasteiger partial charge is 0.191 e. The molecule has 0 bridgehead atoms. The van der Waals surface area contributed by atoms with Gasteiger partial charge < -0.3 is 15.4 Å². The maximum absolute atomic E-state index is 6.01. The van der Waals surface area contributed by atoms with Crippen LogP contribution in [0.5, 0.6) is 0 Å². The molecule has 2 heterocycles. The standard InChI is InChI=1S/C20H32N4O/c1-15-6-4-7-17(10-15)16(2)11-22-20(21-3)23-12-19-13-24-9-5-8-18(24)14-25-19/h4,6-7,10,16,18-19H,5,8-9,11-14H2,1-3H3,(H2,21,22,23). The highest BCUT2D eigenvalue weighted by Crippen LogP contribution is 2.22. The first kappa shape index (κ1) is 18.2. The van der Waals surface area contributed by atoms with Crippen LogP contribution in [0.3, 0.4) is 0 Å². The summed E-state index contributed by atoms with van der Waals surface area (Å²) in [6.07, 6.45) is 2.86. The molecule has 3 unspecified atom stereocenters. The molecule has 0 aliphatic carbocycles. The summed E-state index contributed by atoms with van der Waals surface area (Å²) in [5.74, 6) is 1.29. The molecule has 2 aliphatic heterocycles. The Morgan fingerprint density at radius 1 is 1.40 bits per heavy atom. The minimum absolute atomic E-state index is 0.252. The normalized spacial score (nSPS) is 25.5. The van der Waals surface area contributed by atoms with Crippen molar-refractivity contribution in [2.75, 3.05) is 39.8 Å². The second-order valence-electron chi connectivity index (χ2n) is 7.40. The Labute approximate surface area is 151 Å². The van der Waals surface area contributed by atoms with Crippen LogP contribution in [-0.4, -0.2) is 62.8 Å². The number of hydrogen-bond donors (Lipinski definition) is 2. The number of guanidine groups is 1. The minimum atomic E-state index is 0.252. The van der Waals surface area contributed by atoms with Gasteiger partial charge in [-0.2, -0.15) is 0 Å². The number of fused-ring (bicyclic) bond motifs is 1. The predicted molar refractivity (Wildman–Crippen MR) is 103 cm³/mol. The van der Waals surface area contributed by atoms with Crippen molar-refractivity contribution in [1.82, 2.24) is 15.5 Å². The van der Waals surface area contributed by atoms with Gasteiger partial charge in [-0.3, -0.25) is 9.89 Å². The molecule has 0 saturated carbocycles. The van der Waals surface area contributed by atoms with E-state index in [2.05, 4.69) is 58.6 Å². The van der Waals surface area contributed by atoms with Crippen molar-refractivity contribution in [2.24, 2.45) is 4.99 Å². The van der Waals surface area contributed by atoms with E-state index in [1.807, 2.05) is 7.05 Å². The van der Waals surface area contributed by atoms with E-state index in [9.17, 15) is 0 Å². The maximum atomic E-state index is 6.01. The fourth-order valence-corrected chi connectivity index (χ4v) is 3.78. The maximum Gasteiger partial charge on any atom is 0.191 e. The van der Waals surface area contributed by atoms with Crippen LogP contribution in [0.25, 0.3) is 0 Å². The number of morpholine rings is 1. The third-order valence-corrected chi connectivity index (χ3v) is 5.37. The van der Waals surface area contributed by atoms with Crippen molar-refractivity contribution in [2.45, 2.75) is 44.8 Å². The van der Waals surface area contributed by atoms with Gasteiger partial charge in [-0.25, -0.2) is 0 Å². The van der Waals surface area contributed by atoms with Crippen LogP contribution < -0.4 is 10.6 Å². The zero-order valence-corrected chi connectivity index (χ0v) is 15.8. The van der Waals surface area contributed by atoms with Crippen molar-refractivity contribution >= 4 is 5.96 Å². The van der Waals surface area contributed by atoms with Gasteiger partial charge in [0.1, 0.15) is 0 Å². The SMILES string of the molecule is CN=C(NCC1CN2CCCC2CO1)NCC(C)c1cccc(C)c1. The van der Waals surface area contributed by atoms with Crippen molar-refractivity contribution < 1.29 is 4.74 Å². The number of ether oxygens (including phenoxy) is 1. The fourth-order valence-electron chi connectivity index (χ4n) is 3.78. The van der Waals surface area contributed by atoms with Crippen LogP contribution in [0.1, 0.15) is 36.8 Å². The lowest BCUT2D eigenvalue weighted by atomic mass is 9.99. The van der Waals surface area contributed by atoms with Crippen LogP contribution in [0.2, 0.25) is 0 Å². The Balaban J connectivity index is 1.42. The Hall–Kier alpha value is -1.59. The molecule has 5 heteroatoms. The van der Waals surface area contributed by atoms with Crippen LogP contribution in [0.4, 0.5) is 0 Å². The highest BCUT2D eigenvalue weighted by molar-refractivity contribution is 5.79. The summed E-state index contributed by atoms with van der Waals surface area (Å²) in [5, 5.41) is 6.87. The van der Waals surface area contributed by atoms with Crippen LogP contribution >= 0.6 is 0 Å². The van der Waals surface area contributed by atoms with Crippen molar-refractivity contribution in [3.05, 3.63) is 35.4 Å². The Morgan fingerprint density at radius 3 is 3.08 bits per heavy atom. The van der Waals surface area contributed by atoms with Gasteiger partial charge >= 0.3 is 0 Å². The highest BCUT2D eigenvalue weighted by atomic mass is 16.5. The number of aryl methyl sites for hydroxylation is 1. The van der Waals surface area contributed by atoms with Crippen LogP contribution in [0.15, 0.2) is 29.3 Å². The van der Waals surface area contributed by atoms with Crippen molar-refractivity contribution in [3.8, 4) is 0 Å². The van der Waals surface area contributed by atoms with Crippen molar-refractivity contribution in [1.29, 1.82) is 0 Å². The molecule has 2 aliphatic rings. The molecule has 1 aromatic carbocycles. The van der Waals surface area contributed by atoms with Gasteiger partial charge in [-0.15, -0.1) is 0 Å². The summed E-state index contributed by atoms with van der Waals surface area (Å²) in [6.45, 7) is 9.19. The number of benzene rings is 1. The van der Waals surface area contributed by atoms with E-state index in [0.29, 0.717) is 12.0 Å². The number of hydrogen-bond acceptors (Lipinski definition) is 3. The molecule has 0 amide bonds. The van der Waals surface area contributed by atoms with E-state index in [0.717, 1.165) is 32.2 Å². The summed E-state index contributed by atoms with van der Waals surface area (Å²) < 4.78 is 6.01. The monoisotopic (exact) mass is 344 g/mol. The summed E-state index contributed by atoms with van der Waals surface area (Å²) in [4.78, 5) is 6.92. The summed E-state index contributed by atoms with van der Waals surface area (Å²) in [5.41, 5.74) is 2.67. The first-order valence-electron chi connectivity index (χ1n) is 9.52. The Kier molecular flexibility index (Phi) is 6.32. The Morgan fingerprint density at radius 2 is 2.28 bits per heavy atom. The second-order valence-corrected chi connectivity index (χ2v) is 7.40. The molecule has 0 radical (unpaired) electrons. The first-order chi connectivity index (χ1) is 12.2. The van der Waals surface area contributed by atoms with Crippen LogP contribution in [-0.2, 0) is 4.74 Å². The molecule has 3 atom stereocenters. The van der Waals surface area contributed by atoms with Gasteiger partial charge in [0.2, 0.25) is 0 Å². The molecule has 138 valence electrons. The van der Waals surface area contributed by atoms with Gasteiger partial charge in [0.25, 0.3) is 0 Å². The molecule has 2 fully saturated rings. The summed E-state index contributed by atoms with van der Waals surface area (Å²) in [6, 6.07) is 9.37. The number of aliphatic imine (C=N–C) groups is 1. The lowest BCUT2D eigenvalue weighted by Gasteiger charge is -2.35. The minimum Gasteiger partial charge on any atom is -0.373 e. The summed E-state index contributed by atoms with van der Waals surface area (Å²) in [7, 11) is 1.82. The van der Waals surface area contributed by atoms with Gasteiger partial charge in [0.05, 0.1) is 12.7 Å². The largest absolute Gasteiger partial charge is 0.373 e. The lowest BCUT2D eigenvalue weighted by molar-refractivity contribution is -0.0453. The summed E-state index contributed by atoms with van der Waals surface area (Å²) >= 11 is 0. The van der Waals surface area contributed by atoms with Gasteiger partial charge in [0.15, 0.2) is 5.96 Å². The third-order valence-electron chi connectivity index (χ3n) is 5.37. The topological polar surface area (TPSA) is 48.9 Å². The molecule has 2 saturated heterocycles. The lowest BCUT2D eigenvalue weighted by Crippen LogP contribution is -2.51. The highest BCUT2D eigenvalue weighted by Gasteiger charge is 2.32. The molecule has 5 nitrogen and oxygen atoms in total. The zero-order valence-electron chi connectivity index (χ0n) is 15.8. The molecule has 3 rings (SSSR count). The first-order valence-corrected chi connectivity index (χ1v) is 9.52. The quantitative estimate of drug-likeness (QED) is 0.635. The average Bonchev–Trinajstić information content (AvgIpc) is 3.09.